The van der Waals surface area contributed by atoms with Crippen molar-refractivity contribution < 1.29 is 0 Å². The zero-order chi connectivity index (χ0) is 9.14. The van der Waals surface area contributed by atoms with Crippen LogP contribution >= 0.6 is 0 Å². The van der Waals surface area contributed by atoms with Crippen molar-refractivity contribution in [2.75, 3.05) is 5.73 Å². The van der Waals surface area contributed by atoms with Crippen LogP contribution in [-0.4, -0.2) is 14.8 Å². The van der Waals surface area contributed by atoms with Crippen LogP contribution in [0.25, 0.3) is 0 Å². The first kappa shape index (κ1) is 9.03. The Balaban J connectivity index is 2.74. The third-order valence-corrected chi connectivity index (χ3v) is 1.98. The third-order valence-electron chi connectivity index (χ3n) is 1.98. The summed E-state index contributed by atoms with van der Waals surface area (Å²) in [5.41, 5.74) is 5.56. The Labute approximate surface area is 72.8 Å². The van der Waals surface area contributed by atoms with E-state index < -0.39 is 0 Å². The highest BCUT2D eigenvalue weighted by Crippen LogP contribution is 2.17. The Morgan fingerprint density at radius 3 is 2.67 bits per heavy atom. The average molecular weight is 168 g/mol. The van der Waals surface area contributed by atoms with Gasteiger partial charge in [0, 0.05) is 13.0 Å². The second-order valence-corrected chi connectivity index (χ2v) is 3.14. The van der Waals surface area contributed by atoms with Crippen molar-refractivity contribution in [3.05, 3.63) is 5.82 Å². The van der Waals surface area contributed by atoms with E-state index in [0.29, 0.717) is 11.9 Å². The van der Waals surface area contributed by atoms with Crippen LogP contribution in [0.1, 0.15) is 38.4 Å². The van der Waals surface area contributed by atoms with Gasteiger partial charge in [0.1, 0.15) is 0 Å². The topological polar surface area (TPSA) is 56.7 Å². The van der Waals surface area contributed by atoms with Crippen LogP contribution in [0.4, 0.5) is 5.95 Å². The molecule has 12 heavy (non-hydrogen) atoms. The maximum atomic E-state index is 5.56. The molecule has 0 aliphatic heterocycles. The molecule has 4 heteroatoms. The number of hydrogen-bond acceptors (Lipinski definition) is 3. The van der Waals surface area contributed by atoms with E-state index in [9.17, 15) is 0 Å². The molecule has 68 valence electrons. The fourth-order valence-corrected chi connectivity index (χ4v) is 1.19. The molecular formula is C8H16N4. The summed E-state index contributed by atoms with van der Waals surface area (Å²) in [6.45, 7) is 4.28. The van der Waals surface area contributed by atoms with Crippen LogP contribution in [0.5, 0.6) is 0 Å². The highest BCUT2D eigenvalue weighted by atomic mass is 15.4. The van der Waals surface area contributed by atoms with Gasteiger partial charge in [-0.3, -0.25) is 0 Å². The Morgan fingerprint density at radius 2 is 2.25 bits per heavy atom. The van der Waals surface area contributed by atoms with Gasteiger partial charge in [-0.15, -0.1) is 0 Å². The zero-order valence-corrected chi connectivity index (χ0v) is 7.91. The Morgan fingerprint density at radius 1 is 1.58 bits per heavy atom. The van der Waals surface area contributed by atoms with E-state index in [2.05, 4.69) is 23.9 Å². The lowest BCUT2D eigenvalue weighted by Gasteiger charge is -2.02. The van der Waals surface area contributed by atoms with Gasteiger partial charge in [-0.1, -0.05) is 20.3 Å². The summed E-state index contributed by atoms with van der Waals surface area (Å²) < 4.78 is 1.61. The van der Waals surface area contributed by atoms with Crippen LogP contribution in [0.3, 0.4) is 0 Å². The molecule has 1 unspecified atom stereocenters. The lowest BCUT2D eigenvalue weighted by molar-refractivity contribution is 0.615. The van der Waals surface area contributed by atoms with E-state index in [1.54, 1.807) is 4.68 Å². The number of aryl methyl sites for hydroxylation is 1. The minimum absolute atomic E-state index is 0.415. The van der Waals surface area contributed by atoms with E-state index >= 15 is 0 Å². The monoisotopic (exact) mass is 168 g/mol. The first-order valence-electron chi connectivity index (χ1n) is 4.31. The number of hydrogen-bond donors (Lipinski definition) is 1. The van der Waals surface area contributed by atoms with Crippen LogP contribution in [0, 0.1) is 0 Å². The molecule has 0 aliphatic carbocycles. The number of nitrogens with zero attached hydrogens (tertiary/aromatic N) is 3. The smallest absolute Gasteiger partial charge is 0.218 e. The fraction of sp³-hybridized carbons (Fsp3) is 0.750. The van der Waals surface area contributed by atoms with E-state index in [4.69, 9.17) is 5.73 Å². The normalized spacial score (nSPS) is 13.2. The maximum absolute atomic E-state index is 5.56. The molecule has 4 nitrogen and oxygen atoms in total. The lowest BCUT2D eigenvalue weighted by Crippen LogP contribution is -1.98. The van der Waals surface area contributed by atoms with Gasteiger partial charge in [0.05, 0.1) is 0 Å². The van der Waals surface area contributed by atoms with E-state index in [0.717, 1.165) is 18.7 Å². The van der Waals surface area contributed by atoms with Gasteiger partial charge in [0.2, 0.25) is 5.95 Å². The molecule has 0 radical (unpaired) electrons. The molecule has 1 heterocycles. The molecule has 1 aromatic rings. The number of nitrogen functional groups attached to an aromatic ring is 1. The maximum Gasteiger partial charge on any atom is 0.218 e. The first-order valence-corrected chi connectivity index (χ1v) is 4.31. The summed E-state index contributed by atoms with van der Waals surface area (Å²) in [6, 6.07) is 0. The zero-order valence-electron chi connectivity index (χ0n) is 7.91. The Hall–Kier alpha value is -1.06. The van der Waals surface area contributed by atoms with Crippen molar-refractivity contribution in [2.45, 2.75) is 32.6 Å². The standard InChI is InChI=1S/C8H16N4/c1-4-5-6(2)7-10-8(9)12(3)11-7/h6H,4-5H2,1-3H3,(H2,9,10,11). The predicted molar refractivity (Wildman–Crippen MR) is 48.7 cm³/mol. The van der Waals surface area contributed by atoms with Crippen molar-refractivity contribution in [2.24, 2.45) is 7.05 Å². The molecule has 0 saturated heterocycles. The van der Waals surface area contributed by atoms with E-state index in [1.807, 2.05) is 7.05 Å². The average Bonchev–Trinajstić information content (AvgIpc) is 2.33. The van der Waals surface area contributed by atoms with Crippen molar-refractivity contribution >= 4 is 5.95 Å². The quantitative estimate of drug-likeness (QED) is 0.740. The summed E-state index contributed by atoms with van der Waals surface area (Å²) in [5.74, 6) is 1.77. The predicted octanol–water partition coefficient (Wildman–Crippen LogP) is 1.30. The molecule has 0 bridgehead atoms. The first-order chi connectivity index (χ1) is 5.65. The van der Waals surface area contributed by atoms with Gasteiger partial charge in [-0.25, -0.2) is 4.68 Å². The van der Waals surface area contributed by atoms with Gasteiger partial charge >= 0.3 is 0 Å². The second-order valence-electron chi connectivity index (χ2n) is 3.14. The molecule has 0 aromatic carbocycles. The molecule has 0 amide bonds. The summed E-state index contributed by atoms with van der Waals surface area (Å²) in [5, 5.41) is 4.21. The van der Waals surface area contributed by atoms with Gasteiger partial charge in [-0.2, -0.15) is 10.1 Å². The van der Waals surface area contributed by atoms with Crippen molar-refractivity contribution in [3.63, 3.8) is 0 Å². The molecule has 0 fully saturated rings. The van der Waals surface area contributed by atoms with Crippen LogP contribution in [-0.2, 0) is 7.05 Å². The van der Waals surface area contributed by atoms with Gasteiger partial charge in [0.15, 0.2) is 5.82 Å². The third kappa shape index (κ3) is 1.75. The minimum Gasteiger partial charge on any atom is -0.368 e. The van der Waals surface area contributed by atoms with Crippen LogP contribution < -0.4 is 5.73 Å². The highest BCUT2D eigenvalue weighted by Gasteiger charge is 2.10. The fourth-order valence-electron chi connectivity index (χ4n) is 1.19. The molecule has 1 atom stereocenters. The lowest BCUT2D eigenvalue weighted by atomic mass is 10.1. The minimum atomic E-state index is 0.415. The largest absolute Gasteiger partial charge is 0.368 e. The van der Waals surface area contributed by atoms with Crippen LogP contribution in [0.2, 0.25) is 0 Å². The van der Waals surface area contributed by atoms with E-state index in [-0.39, 0.29) is 0 Å². The van der Waals surface area contributed by atoms with E-state index in [1.165, 1.54) is 0 Å². The van der Waals surface area contributed by atoms with Gasteiger partial charge in [0.25, 0.3) is 0 Å². The molecular weight excluding hydrogens is 152 g/mol. The highest BCUT2D eigenvalue weighted by molar-refractivity contribution is 5.16. The molecule has 2 N–H and O–H groups in total. The number of anilines is 1. The van der Waals surface area contributed by atoms with Gasteiger partial charge in [-0.05, 0) is 6.42 Å². The number of aromatic nitrogens is 3. The molecule has 0 spiro atoms. The number of nitrogens with two attached hydrogens (primary N) is 1. The van der Waals surface area contributed by atoms with Gasteiger partial charge < -0.3 is 5.73 Å². The number of rotatable bonds is 3. The molecule has 0 aliphatic rings. The van der Waals surface area contributed by atoms with Crippen molar-refractivity contribution in [1.82, 2.24) is 14.8 Å². The summed E-state index contributed by atoms with van der Waals surface area (Å²) >= 11 is 0. The Kier molecular flexibility index (Phi) is 2.68. The SMILES string of the molecule is CCCC(C)c1nc(N)n(C)n1. The second kappa shape index (κ2) is 3.56. The Bertz CT molecular complexity index is 234. The molecule has 1 rings (SSSR count). The summed E-state index contributed by atoms with van der Waals surface area (Å²) in [7, 11) is 1.81. The van der Waals surface area contributed by atoms with Crippen molar-refractivity contribution in [3.8, 4) is 0 Å². The summed E-state index contributed by atoms with van der Waals surface area (Å²) in [6.07, 6.45) is 2.27. The van der Waals surface area contributed by atoms with Crippen molar-refractivity contribution in [1.29, 1.82) is 0 Å². The molecule has 0 saturated carbocycles. The summed E-state index contributed by atoms with van der Waals surface area (Å²) in [4.78, 5) is 4.16. The molecule has 1 aromatic heterocycles. The van der Waals surface area contributed by atoms with Crippen LogP contribution in [0.15, 0.2) is 0 Å².